The van der Waals surface area contributed by atoms with Crippen molar-refractivity contribution in [1.29, 1.82) is 0 Å². The van der Waals surface area contributed by atoms with Gasteiger partial charge in [-0.25, -0.2) is 23.0 Å². The first-order valence-corrected chi connectivity index (χ1v) is 14.9. The molecular formula is C33H36F4N4O4. The summed E-state index contributed by atoms with van der Waals surface area (Å²) in [6, 6.07) is 6.50. The van der Waals surface area contributed by atoms with Crippen LogP contribution in [0.5, 0.6) is 5.75 Å². The summed E-state index contributed by atoms with van der Waals surface area (Å²) >= 11 is 0. The molecule has 0 bridgehead atoms. The predicted octanol–water partition coefficient (Wildman–Crippen LogP) is 4.92. The Morgan fingerprint density at radius 3 is 2.49 bits per heavy atom. The van der Waals surface area contributed by atoms with Crippen molar-refractivity contribution >= 4 is 16.8 Å². The number of hydrogen-bond donors (Lipinski definition) is 2. The minimum absolute atomic E-state index is 0.0305. The SMILES string of the molecule is COc1ccc2ncc(CN3CCOCC3)c(C(F)CCC3(C(=O)NO)CCN(CC#Cc4c(F)cc(F)cc4F)CC3)c2c1. The number of carbonyl (C=O) groups is 1. The highest BCUT2D eigenvalue weighted by molar-refractivity contribution is 5.85. The molecule has 2 saturated heterocycles. The van der Waals surface area contributed by atoms with Crippen LogP contribution in [0.4, 0.5) is 17.6 Å². The molecule has 5 rings (SSSR count). The molecule has 1 amide bonds. The zero-order valence-electron chi connectivity index (χ0n) is 25.1. The third-order valence-electron chi connectivity index (χ3n) is 8.81. The second-order valence-corrected chi connectivity index (χ2v) is 11.5. The summed E-state index contributed by atoms with van der Waals surface area (Å²) in [7, 11) is 1.55. The van der Waals surface area contributed by atoms with Gasteiger partial charge in [-0.05, 0) is 49.4 Å². The molecule has 45 heavy (non-hydrogen) atoms. The van der Waals surface area contributed by atoms with Crippen molar-refractivity contribution in [2.75, 3.05) is 53.0 Å². The van der Waals surface area contributed by atoms with Crippen molar-refractivity contribution in [2.24, 2.45) is 5.41 Å². The van der Waals surface area contributed by atoms with E-state index < -0.39 is 40.5 Å². The lowest BCUT2D eigenvalue weighted by Crippen LogP contribution is -2.48. The Bertz CT molecular complexity index is 1560. The molecule has 0 radical (unpaired) electrons. The van der Waals surface area contributed by atoms with E-state index >= 15 is 4.39 Å². The van der Waals surface area contributed by atoms with Gasteiger partial charge in [0.15, 0.2) is 0 Å². The fourth-order valence-corrected chi connectivity index (χ4v) is 6.15. The molecule has 0 aliphatic carbocycles. The predicted molar refractivity (Wildman–Crippen MR) is 159 cm³/mol. The van der Waals surface area contributed by atoms with E-state index in [1.54, 1.807) is 37.0 Å². The number of fused-ring (bicyclic) bond motifs is 1. The number of piperidine rings is 1. The summed E-state index contributed by atoms with van der Waals surface area (Å²) in [5, 5.41) is 10.2. The van der Waals surface area contributed by atoms with Gasteiger partial charge in [-0.1, -0.05) is 11.8 Å². The number of nitrogens with zero attached hydrogens (tertiary/aromatic N) is 3. The van der Waals surface area contributed by atoms with Crippen LogP contribution in [0.1, 0.15) is 48.5 Å². The maximum atomic E-state index is 16.5. The van der Waals surface area contributed by atoms with Crippen LogP contribution in [0.3, 0.4) is 0 Å². The number of alkyl halides is 1. The number of morpholine rings is 1. The normalized spacial score (nSPS) is 17.8. The number of hydrogen-bond acceptors (Lipinski definition) is 7. The standard InChI is InChI=1S/C33H36F4N4O4/c1-44-24-4-5-30-26(19-24)31(22(20-38-30)21-41-13-15-45-16-14-41)27(35)6-7-33(32(42)39-43)8-11-40(12-9-33)10-2-3-25-28(36)17-23(34)18-29(25)37/h4-5,17-20,27,43H,6-16,21H2,1H3,(H,39,42). The van der Waals surface area contributed by atoms with E-state index in [0.717, 1.165) is 18.7 Å². The molecule has 2 aromatic carbocycles. The number of aromatic nitrogens is 1. The highest BCUT2D eigenvalue weighted by atomic mass is 19.1. The van der Waals surface area contributed by atoms with Crippen LogP contribution in [-0.4, -0.2) is 78.9 Å². The molecule has 0 spiro atoms. The number of carbonyl (C=O) groups excluding carboxylic acids is 1. The first-order chi connectivity index (χ1) is 21.7. The lowest BCUT2D eigenvalue weighted by molar-refractivity contribution is -0.143. The van der Waals surface area contributed by atoms with Gasteiger partial charge < -0.3 is 9.47 Å². The van der Waals surface area contributed by atoms with Crippen LogP contribution in [0, 0.1) is 34.7 Å². The summed E-state index contributed by atoms with van der Waals surface area (Å²) in [5.41, 5.74) is 2.15. The zero-order chi connectivity index (χ0) is 32.0. The summed E-state index contributed by atoms with van der Waals surface area (Å²) in [5.74, 6) is 1.97. The van der Waals surface area contributed by atoms with E-state index in [9.17, 15) is 23.2 Å². The lowest BCUT2D eigenvalue weighted by atomic mass is 9.73. The van der Waals surface area contributed by atoms with Gasteiger partial charge in [0, 0.05) is 62.0 Å². The van der Waals surface area contributed by atoms with Crippen molar-refractivity contribution in [1.82, 2.24) is 20.3 Å². The highest BCUT2D eigenvalue weighted by Gasteiger charge is 2.41. The molecule has 2 aliphatic rings. The molecule has 8 nitrogen and oxygen atoms in total. The zero-order valence-corrected chi connectivity index (χ0v) is 25.1. The van der Waals surface area contributed by atoms with Gasteiger partial charge in [-0.3, -0.25) is 24.8 Å². The van der Waals surface area contributed by atoms with E-state index in [0.29, 0.717) is 80.0 Å². The van der Waals surface area contributed by atoms with E-state index in [4.69, 9.17) is 9.47 Å². The maximum Gasteiger partial charge on any atom is 0.249 e. The number of amides is 1. The number of rotatable bonds is 9. The number of methoxy groups -OCH3 is 1. The molecule has 2 N–H and O–H groups in total. The van der Waals surface area contributed by atoms with Gasteiger partial charge in [0.25, 0.3) is 0 Å². The average Bonchev–Trinajstić information content (AvgIpc) is 3.05. The van der Waals surface area contributed by atoms with E-state index in [1.807, 2.05) is 4.90 Å². The minimum atomic E-state index is -1.42. The van der Waals surface area contributed by atoms with Gasteiger partial charge in [0.2, 0.25) is 5.91 Å². The maximum absolute atomic E-state index is 16.5. The average molecular weight is 629 g/mol. The molecule has 3 aromatic rings. The Morgan fingerprint density at radius 2 is 1.82 bits per heavy atom. The summed E-state index contributed by atoms with van der Waals surface area (Å²) in [6.07, 6.45) is 1.13. The van der Waals surface area contributed by atoms with Gasteiger partial charge in [0.05, 0.1) is 43.4 Å². The monoisotopic (exact) mass is 628 g/mol. The Balaban J connectivity index is 1.31. The van der Waals surface area contributed by atoms with Crippen LogP contribution in [0.25, 0.3) is 10.9 Å². The fraction of sp³-hybridized carbons (Fsp3) is 0.455. The minimum Gasteiger partial charge on any atom is -0.497 e. The van der Waals surface area contributed by atoms with Gasteiger partial charge in [-0.2, -0.15) is 0 Å². The second-order valence-electron chi connectivity index (χ2n) is 11.5. The second kappa shape index (κ2) is 14.6. The first-order valence-electron chi connectivity index (χ1n) is 14.9. The molecule has 240 valence electrons. The number of ether oxygens (including phenoxy) is 2. The molecule has 3 heterocycles. The number of nitrogens with one attached hydrogen (secondary N) is 1. The van der Waals surface area contributed by atoms with Gasteiger partial charge in [-0.15, -0.1) is 0 Å². The Kier molecular flexibility index (Phi) is 10.6. The Hall–Kier alpha value is -3.76. The number of pyridine rings is 1. The molecule has 0 saturated carbocycles. The molecule has 2 fully saturated rings. The Labute approximate surface area is 259 Å². The van der Waals surface area contributed by atoms with Crippen LogP contribution in [0.15, 0.2) is 36.5 Å². The molecular weight excluding hydrogens is 592 g/mol. The quantitative estimate of drug-likeness (QED) is 0.151. The molecule has 1 atom stereocenters. The largest absolute Gasteiger partial charge is 0.497 e. The number of halogens is 4. The first kappa shape index (κ1) is 32.6. The fourth-order valence-electron chi connectivity index (χ4n) is 6.15. The van der Waals surface area contributed by atoms with Gasteiger partial charge >= 0.3 is 0 Å². The van der Waals surface area contributed by atoms with E-state index in [2.05, 4.69) is 21.7 Å². The summed E-state index contributed by atoms with van der Waals surface area (Å²) in [6.45, 7) is 4.10. The van der Waals surface area contributed by atoms with Crippen LogP contribution in [-0.2, 0) is 16.1 Å². The third kappa shape index (κ3) is 7.56. The molecule has 1 aromatic heterocycles. The van der Waals surface area contributed by atoms with Crippen molar-refractivity contribution < 1.29 is 37.0 Å². The van der Waals surface area contributed by atoms with Crippen LogP contribution >= 0.6 is 0 Å². The molecule has 12 heteroatoms. The number of hydroxylamine groups is 1. The van der Waals surface area contributed by atoms with Crippen molar-refractivity contribution in [3.8, 4) is 17.6 Å². The highest BCUT2D eigenvalue weighted by Crippen LogP contribution is 2.41. The third-order valence-corrected chi connectivity index (χ3v) is 8.81. The summed E-state index contributed by atoms with van der Waals surface area (Å²) in [4.78, 5) is 21.7. The van der Waals surface area contributed by atoms with E-state index in [-0.39, 0.29) is 19.4 Å². The van der Waals surface area contributed by atoms with Crippen molar-refractivity contribution in [2.45, 2.75) is 38.4 Å². The van der Waals surface area contributed by atoms with Gasteiger partial charge in [0.1, 0.15) is 29.4 Å². The lowest BCUT2D eigenvalue weighted by Gasteiger charge is -2.40. The van der Waals surface area contributed by atoms with Crippen LogP contribution in [0.2, 0.25) is 0 Å². The molecule has 1 unspecified atom stereocenters. The number of benzene rings is 2. The van der Waals surface area contributed by atoms with Crippen LogP contribution < -0.4 is 10.2 Å². The number of likely N-dealkylation sites (tertiary alicyclic amines) is 1. The molecule has 2 aliphatic heterocycles. The smallest absolute Gasteiger partial charge is 0.249 e. The topological polar surface area (TPSA) is 87.2 Å². The summed E-state index contributed by atoms with van der Waals surface area (Å²) < 4.78 is 68.4. The Morgan fingerprint density at radius 1 is 1.11 bits per heavy atom. The van der Waals surface area contributed by atoms with Crippen molar-refractivity contribution in [3.63, 3.8) is 0 Å². The van der Waals surface area contributed by atoms with E-state index in [1.165, 1.54) is 0 Å². The van der Waals surface area contributed by atoms with Crippen molar-refractivity contribution in [3.05, 3.63) is 70.7 Å².